The number of sulfonamides is 1. The quantitative estimate of drug-likeness (QED) is 0.186. The first-order valence-corrected chi connectivity index (χ1v) is 11.5. The molecular formula is C20H22F4N4O6S. The van der Waals surface area contributed by atoms with Crippen LogP contribution in [0.3, 0.4) is 0 Å². The minimum atomic E-state index is -3.97. The summed E-state index contributed by atoms with van der Waals surface area (Å²) < 4.78 is 85.5. The predicted octanol–water partition coefficient (Wildman–Crippen LogP) is 4.66. The van der Waals surface area contributed by atoms with E-state index in [0.717, 1.165) is 40.7 Å². The highest BCUT2D eigenvalue weighted by molar-refractivity contribution is 7.89. The van der Waals surface area contributed by atoms with Gasteiger partial charge in [0, 0.05) is 30.8 Å². The van der Waals surface area contributed by atoms with Gasteiger partial charge >= 0.3 is 13.2 Å². The zero-order chi connectivity index (χ0) is 26.3. The van der Waals surface area contributed by atoms with Crippen LogP contribution in [-0.2, 0) is 10.0 Å². The van der Waals surface area contributed by atoms with Crippen LogP contribution in [0.15, 0.2) is 46.4 Å². The van der Waals surface area contributed by atoms with Crippen molar-refractivity contribution in [2.45, 2.75) is 38.9 Å². The molecule has 0 atom stereocenters. The second-order valence-corrected chi connectivity index (χ2v) is 8.69. The molecule has 0 fully saturated rings. The number of anilines is 1. The van der Waals surface area contributed by atoms with Crippen LogP contribution in [0, 0.1) is 10.1 Å². The molecule has 0 saturated carbocycles. The lowest BCUT2D eigenvalue weighted by Crippen LogP contribution is -2.30. The van der Waals surface area contributed by atoms with Gasteiger partial charge in [-0.1, -0.05) is 13.8 Å². The predicted molar refractivity (Wildman–Crippen MR) is 119 cm³/mol. The molecule has 2 rings (SSSR count). The Morgan fingerprint density at radius 2 is 1.71 bits per heavy atom. The Hall–Kier alpha value is -3.46. The average molecular weight is 522 g/mol. The highest BCUT2D eigenvalue weighted by atomic mass is 32.2. The van der Waals surface area contributed by atoms with Crippen molar-refractivity contribution >= 4 is 27.1 Å². The van der Waals surface area contributed by atoms with E-state index < -0.39 is 45.4 Å². The third kappa shape index (κ3) is 7.02. The minimum Gasteiger partial charge on any atom is -0.435 e. The molecule has 0 unspecified atom stereocenters. The van der Waals surface area contributed by atoms with Crippen LogP contribution in [0.1, 0.15) is 26.3 Å². The Morgan fingerprint density at radius 1 is 1.09 bits per heavy atom. The summed E-state index contributed by atoms with van der Waals surface area (Å²) in [6.07, 6.45) is 0. The van der Waals surface area contributed by atoms with Crippen molar-refractivity contribution < 1.29 is 40.4 Å². The van der Waals surface area contributed by atoms with Crippen molar-refractivity contribution in [1.82, 2.24) is 4.31 Å². The number of hydrogen-bond donors (Lipinski definition) is 1. The summed E-state index contributed by atoms with van der Waals surface area (Å²) in [6, 6.07) is 6.22. The summed E-state index contributed by atoms with van der Waals surface area (Å²) in [5, 5.41) is 15.5. The van der Waals surface area contributed by atoms with Crippen LogP contribution in [0.5, 0.6) is 11.5 Å². The van der Waals surface area contributed by atoms with E-state index in [1.54, 1.807) is 13.8 Å². The molecule has 0 heterocycles. The molecule has 0 saturated heterocycles. The molecule has 10 nitrogen and oxygen atoms in total. The molecule has 1 N–H and O–H groups in total. The van der Waals surface area contributed by atoms with Crippen LogP contribution in [-0.4, -0.2) is 49.7 Å². The van der Waals surface area contributed by atoms with Gasteiger partial charge in [0.2, 0.25) is 10.0 Å². The fourth-order valence-corrected chi connectivity index (χ4v) is 4.48. The summed E-state index contributed by atoms with van der Waals surface area (Å²) in [6.45, 7) is -1.54. The van der Waals surface area contributed by atoms with Crippen LogP contribution in [0.25, 0.3) is 0 Å². The molecule has 0 aromatic heterocycles. The van der Waals surface area contributed by atoms with Crippen LogP contribution in [0.2, 0.25) is 0 Å². The highest BCUT2D eigenvalue weighted by Gasteiger charge is 2.26. The lowest BCUT2D eigenvalue weighted by molar-refractivity contribution is -0.384. The van der Waals surface area contributed by atoms with Gasteiger partial charge in [-0.15, -0.1) is 0 Å². The first-order valence-electron chi connectivity index (χ1n) is 10.0. The molecule has 0 spiro atoms. The van der Waals surface area contributed by atoms with E-state index in [-0.39, 0.29) is 34.9 Å². The van der Waals surface area contributed by atoms with Gasteiger partial charge in [0.05, 0.1) is 15.5 Å². The topological polar surface area (TPSA) is 123 Å². The highest BCUT2D eigenvalue weighted by Crippen LogP contribution is 2.31. The third-order valence-corrected chi connectivity index (χ3v) is 6.68. The number of nitro groups is 1. The van der Waals surface area contributed by atoms with Crippen molar-refractivity contribution in [3.63, 3.8) is 0 Å². The van der Waals surface area contributed by atoms with Crippen molar-refractivity contribution in [2.75, 3.05) is 18.5 Å². The van der Waals surface area contributed by atoms with E-state index >= 15 is 0 Å². The SMILES string of the molecule is CCN(CC)S(=O)(=O)c1ccc(N/N=C(\C)c2ccc(OC(F)F)cc2OC(F)F)c([N+](=O)[O-])c1. The van der Waals surface area contributed by atoms with Gasteiger partial charge < -0.3 is 9.47 Å². The first kappa shape index (κ1) is 27.8. The van der Waals surface area contributed by atoms with Gasteiger partial charge in [0.25, 0.3) is 5.69 Å². The van der Waals surface area contributed by atoms with E-state index in [2.05, 4.69) is 20.0 Å². The van der Waals surface area contributed by atoms with E-state index in [9.17, 15) is 36.1 Å². The molecular weight excluding hydrogens is 500 g/mol. The molecule has 0 aliphatic heterocycles. The van der Waals surface area contributed by atoms with E-state index in [4.69, 9.17) is 0 Å². The molecule has 0 radical (unpaired) electrons. The smallest absolute Gasteiger partial charge is 0.387 e. The molecule has 0 amide bonds. The van der Waals surface area contributed by atoms with Gasteiger partial charge in [-0.25, -0.2) is 8.42 Å². The van der Waals surface area contributed by atoms with Crippen molar-refractivity contribution in [1.29, 1.82) is 0 Å². The second-order valence-electron chi connectivity index (χ2n) is 6.75. The first-order chi connectivity index (χ1) is 16.4. The van der Waals surface area contributed by atoms with Crippen LogP contribution < -0.4 is 14.9 Å². The standard InChI is InChI=1S/C20H22F4N4O6S/c1-4-27(5-2)35(31,32)14-7-9-16(17(11-14)28(29)30)26-25-12(3)15-8-6-13(33-19(21)22)10-18(15)34-20(23)24/h6-11,19-20,26H,4-5H2,1-3H3/b25-12+. The monoisotopic (exact) mass is 522 g/mol. The van der Waals surface area contributed by atoms with Gasteiger partial charge in [-0.2, -0.15) is 27.0 Å². The van der Waals surface area contributed by atoms with Crippen LogP contribution in [0.4, 0.5) is 28.9 Å². The summed E-state index contributed by atoms with van der Waals surface area (Å²) in [5.41, 5.74) is 1.58. The number of rotatable bonds is 12. The van der Waals surface area contributed by atoms with Crippen LogP contribution >= 0.6 is 0 Å². The summed E-state index contributed by atoms with van der Waals surface area (Å²) in [7, 11) is -3.97. The Kier molecular flexibility index (Phi) is 9.36. The van der Waals surface area contributed by atoms with Crippen molar-refractivity contribution in [2.24, 2.45) is 5.10 Å². The Labute approximate surface area is 198 Å². The molecule has 192 valence electrons. The third-order valence-electron chi connectivity index (χ3n) is 4.64. The molecule has 0 aliphatic rings. The number of benzene rings is 2. The second kappa shape index (κ2) is 11.8. The number of nitrogens with zero attached hydrogens (tertiary/aromatic N) is 3. The average Bonchev–Trinajstić information content (AvgIpc) is 2.77. The van der Waals surface area contributed by atoms with Gasteiger partial charge in [-0.05, 0) is 31.2 Å². The molecule has 2 aromatic rings. The molecule has 15 heteroatoms. The number of nitrogens with one attached hydrogen (secondary N) is 1. The normalized spacial score (nSPS) is 12.3. The van der Waals surface area contributed by atoms with Gasteiger partial charge in [-0.3, -0.25) is 15.5 Å². The number of ether oxygens (including phenoxy) is 2. The van der Waals surface area contributed by atoms with E-state index in [0.29, 0.717) is 0 Å². The minimum absolute atomic E-state index is 0.00150. The molecule has 35 heavy (non-hydrogen) atoms. The number of alkyl halides is 4. The number of halogens is 4. The zero-order valence-corrected chi connectivity index (χ0v) is 19.6. The Bertz CT molecular complexity index is 1190. The molecule has 0 bridgehead atoms. The Balaban J connectivity index is 2.42. The zero-order valence-electron chi connectivity index (χ0n) is 18.7. The van der Waals surface area contributed by atoms with Gasteiger partial charge in [0.15, 0.2) is 0 Å². The number of nitro benzene ring substituents is 1. The maximum atomic E-state index is 12.8. The molecule has 0 aliphatic carbocycles. The fraction of sp³-hybridized carbons (Fsp3) is 0.350. The summed E-state index contributed by atoms with van der Waals surface area (Å²) >= 11 is 0. The summed E-state index contributed by atoms with van der Waals surface area (Å²) in [5.74, 6) is -0.947. The van der Waals surface area contributed by atoms with E-state index in [1.165, 1.54) is 6.92 Å². The number of hydrogen-bond acceptors (Lipinski definition) is 8. The Morgan fingerprint density at radius 3 is 2.26 bits per heavy atom. The lowest BCUT2D eigenvalue weighted by atomic mass is 10.1. The molecule has 2 aromatic carbocycles. The lowest BCUT2D eigenvalue weighted by Gasteiger charge is -2.18. The number of hydrazone groups is 1. The fourth-order valence-electron chi connectivity index (χ4n) is 3.01. The summed E-state index contributed by atoms with van der Waals surface area (Å²) in [4.78, 5) is 10.5. The van der Waals surface area contributed by atoms with Gasteiger partial charge in [0.1, 0.15) is 17.2 Å². The maximum absolute atomic E-state index is 12.8. The maximum Gasteiger partial charge on any atom is 0.387 e. The van der Waals surface area contributed by atoms with Crippen molar-refractivity contribution in [3.05, 3.63) is 52.1 Å². The van der Waals surface area contributed by atoms with E-state index in [1.807, 2.05) is 0 Å². The largest absolute Gasteiger partial charge is 0.435 e. The van der Waals surface area contributed by atoms with Crippen molar-refractivity contribution in [3.8, 4) is 11.5 Å².